The monoisotopic (exact) mass is 215 g/mol. The Morgan fingerprint density at radius 1 is 1.12 bits per heavy atom. The Labute approximate surface area is 93.7 Å². The van der Waals surface area contributed by atoms with Gasteiger partial charge in [-0.1, -0.05) is 6.07 Å². The summed E-state index contributed by atoms with van der Waals surface area (Å²) in [5.74, 6) is 5.90. The van der Waals surface area contributed by atoms with Crippen molar-refractivity contribution >= 4 is 11.5 Å². The number of nitrogens with one attached hydrogen (secondary N) is 2. The molecule has 0 aliphatic carbocycles. The van der Waals surface area contributed by atoms with Gasteiger partial charge in [-0.2, -0.15) is 0 Å². The fourth-order valence-electron chi connectivity index (χ4n) is 1.31. The summed E-state index contributed by atoms with van der Waals surface area (Å²) in [6.07, 6.45) is 3.46. The lowest BCUT2D eigenvalue weighted by molar-refractivity contribution is 1.04. The molecule has 16 heavy (non-hydrogen) atoms. The number of nitrogens with zero attached hydrogens (tertiary/aromatic N) is 2. The van der Waals surface area contributed by atoms with E-state index >= 15 is 0 Å². The van der Waals surface area contributed by atoms with Gasteiger partial charge in [0.1, 0.15) is 5.82 Å². The minimum Gasteiger partial charge on any atom is -0.379 e. The lowest BCUT2D eigenvalue weighted by Gasteiger charge is -2.06. The fraction of sp³-hybridized carbons (Fsp3) is 0.0909. The number of anilines is 2. The number of hydrogen-bond acceptors (Lipinski definition) is 5. The van der Waals surface area contributed by atoms with Crippen molar-refractivity contribution < 1.29 is 0 Å². The minimum atomic E-state index is 0.631. The van der Waals surface area contributed by atoms with Crippen LogP contribution < -0.4 is 16.6 Å². The molecule has 5 nitrogen and oxygen atoms in total. The zero-order valence-electron chi connectivity index (χ0n) is 8.72. The van der Waals surface area contributed by atoms with Crippen LogP contribution in [0.5, 0.6) is 0 Å². The summed E-state index contributed by atoms with van der Waals surface area (Å²) in [5.41, 5.74) is 4.44. The quantitative estimate of drug-likeness (QED) is 0.530. The van der Waals surface area contributed by atoms with Crippen LogP contribution in [-0.2, 0) is 6.54 Å². The Bertz CT molecular complexity index is 443. The van der Waals surface area contributed by atoms with Crippen molar-refractivity contribution in [3.8, 4) is 0 Å². The molecule has 0 spiro atoms. The molecule has 0 aromatic carbocycles. The highest BCUT2D eigenvalue weighted by atomic mass is 15.2. The van der Waals surface area contributed by atoms with Crippen LogP contribution in [0.4, 0.5) is 11.5 Å². The first kappa shape index (κ1) is 10.4. The first-order chi connectivity index (χ1) is 7.88. The summed E-state index contributed by atoms with van der Waals surface area (Å²) < 4.78 is 0. The van der Waals surface area contributed by atoms with Gasteiger partial charge in [-0.25, -0.2) is 10.8 Å². The van der Waals surface area contributed by atoms with Crippen molar-refractivity contribution in [2.75, 3.05) is 10.7 Å². The topological polar surface area (TPSA) is 75.9 Å². The van der Waals surface area contributed by atoms with Crippen LogP contribution in [0.2, 0.25) is 0 Å². The molecule has 2 rings (SSSR count). The third-order valence-electron chi connectivity index (χ3n) is 2.11. The standard InChI is InChI=1S/C11H13N5/c12-16-11-7-9(4-6-14-11)15-8-10-3-1-2-5-13-10/h1-7H,8,12H2,(H2,14,15,16). The summed E-state index contributed by atoms with van der Waals surface area (Å²) in [4.78, 5) is 8.24. The molecule has 0 radical (unpaired) electrons. The summed E-state index contributed by atoms with van der Waals surface area (Å²) in [6, 6.07) is 9.54. The highest BCUT2D eigenvalue weighted by Crippen LogP contribution is 2.11. The van der Waals surface area contributed by atoms with Crippen molar-refractivity contribution in [3.05, 3.63) is 48.4 Å². The smallest absolute Gasteiger partial charge is 0.141 e. The SMILES string of the molecule is NNc1cc(NCc2ccccn2)ccn1. The van der Waals surface area contributed by atoms with E-state index in [1.807, 2.05) is 30.3 Å². The van der Waals surface area contributed by atoms with Gasteiger partial charge < -0.3 is 10.7 Å². The highest BCUT2D eigenvalue weighted by Gasteiger charge is 1.96. The maximum absolute atomic E-state index is 5.27. The second kappa shape index (κ2) is 5.09. The summed E-state index contributed by atoms with van der Waals surface area (Å²) in [6.45, 7) is 0.675. The lowest BCUT2D eigenvalue weighted by atomic mass is 10.3. The van der Waals surface area contributed by atoms with Crippen molar-refractivity contribution in [3.63, 3.8) is 0 Å². The van der Waals surface area contributed by atoms with Crippen LogP contribution >= 0.6 is 0 Å². The Balaban J connectivity index is 1.99. The van der Waals surface area contributed by atoms with Crippen molar-refractivity contribution in [2.24, 2.45) is 5.84 Å². The molecule has 0 atom stereocenters. The Morgan fingerprint density at radius 3 is 2.81 bits per heavy atom. The summed E-state index contributed by atoms with van der Waals surface area (Å²) >= 11 is 0. The predicted octanol–water partition coefficient (Wildman–Crippen LogP) is 1.37. The molecule has 82 valence electrons. The molecule has 4 N–H and O–H groups in total. The molecule has 0 aliphatic rings. The van der Waals surface area contributed by atoms with Gasteiger partial charge in [-0.3, -0.25) is 4.98 Å². The van der Waals surface area contributed by atoms with E-state index in [2.05, 4.69) is 20.7 Å². The molecule has 0 unspecified atom stereocenters. The number of hydrazine groups is 1. The van der Waals surface area contributed by atoms with Gasteiger partial charge in [0, 0.05) is 24.1 Å². The Hall–Kier alpha value is -2.14. The first-order valence-electron chi connectivity index (χ1n) is 4.95. The zero-order chi connectivity index (χ0) is 11.2. The van der Waals surface area contributed by atoms with Gasteiger partial charge in [0.15, 0.2) is 0 Å². The number of hydrogen-bond donors (Lipinski definition) is 3. The Kier molecular flexibility index (Phi) is 3.30. The minimum absolute atomic E-state index is 0.631. The van der Waals surface area contributed by atoms with Gasteiger partial charge in [-0.05, 0) is 18.2 Å². The van der Waals surface area contributed by atoms with Crippen LogP contribution in [0.3, 0.4) is 0 Å². The molecule has 2 heterocycles. The van der Waals surface area contributed by atoms with Crippen LogP contribution in [0.1, 0.15) is 5.69 Å². The highest BCUT2D eigenvalue weighted by molar-refractivity contribution is 5.51. The van der Waals surface area contributed by atoms with Gasteiger partial charge >= 0.3 is 0 Å². The second-order valence-corrected chi connectivity index (χ2v) is 3.25. The lowest BCUT2D eigenvalue weighted by Crippen LogP contribution is -2.09. The molecule has 5 heteroatoms. The summed E-state index contributed by atoms with van der Waals surface area (Å²) in [5, 5.41) is 3.24. The molecular formula is C11H13N5. The van der Waals surface area contributed by atoms with E-state index in [4.69, 9.17) is 5.84 Å². The molecule has 2 aromatic heterocycles. The van der Waals surface area contributed by atoms with E-state index in [0.29, 0.717) is 12.4 Å². The third-order valence-corrected chi connectivity index (χ3v) is 2.11. The van der Waals surface area contributed by atoms with E-state index in [-0.39, 0.29) is 0 Å². The molecule has 0 fully saturated rings. The fourth-order valence-corrected chi connectivity index (χ4v) is 1.31. The number of pyridine rings is 2. The van der Waals surface area contributed by atoms with Crippen molar-refractivity contribution in [1.29, 1.82) is 0 Å². The Morgan fingerprint density at radius 2 is 2.06 bits per heavy atom. The van der Waals surface area contributed by atoms with Crippen LogP contribution in [0.15, 0.2) is 42.7 Å². The largest absolute Gasteiger partial charge is 0.379 e. The van der Waals surface area contributed by atoms with E-state index in [1.54, 1.807) is 12.4 Å². The second-order valence-electron chi connectivity index (χ2n) is 3.25. The maximum atomic E-state index is 5.27. The third kappa shape index (κ3) is 2.68. The van der Waals surface area contributed by atoms with Gasteiger partial charge in [0.25, 0.3) is 0 Å². The van der Waals surface area contributed by atoms with Gasteiger partial charge in [0.2, 0.25) is 0 Å². The summed E-state index contributed by atoms with van der Waals surface area (Å²) in [7, 11) is 0. The predicted molar refractivity (Wildman–Crippen MR) is 63.6 cm³/mol. The normalized spacial score (nSPS) is 9.81. The first-order valence-corrected chi connectivity index (χ1v) is 4.95. The molecule has 0 aliphatic heterocycles. The van der Waals surface area contributed by atoms with Crippen LogP contribution in [0.25, 0.3) is 0 Å². The number of nitrogen functional groups attached to an aromatic ring is 1. The number of nitrogens with two attached hydrogens (primary N) is 1. The van der Waals surface area contributed by atoms with E-state index in [9.17, 15) is 0 Å². The molecular weight excluding hydrogens is 202 g/mol. The van der Waals surface area contributed by atoms with E-state index in [1.165, 1.54) is 0 Å². The zero-order valence-corrected chi connectivity index (χ0v) is 8.72. The van der Waals surface area contributed by atoms with Crippen molar-refractivity contribution in [2.45, 2.75) is 6.54 Å². The van der Waals surface area contributed by atoms with Crippen LogP contribution in [0, 0.1) is 0 Å². The van der Waals surface area contributed by atoms with Gasteiger partial charge in [-0.15, -0.1) is 0 Å². The maximum Gasteiger partial charge on any atom is 0.141 e. The van der Waals surface area contributed by atoms with Gasteiger partial charge in [0.05, 0.1) is 12.2 Å². The molecule has 2 aromatic rings. The van der Waals surface area contributed by atoms with E-state index in [0.717, 1.165) is 11.4 Å². The molecule has 0 bridgehead atoms. The molecule has 0 saturated carbocycles. The van der Waals surface area contributed by atoms with Crippen LogP contribution in [-0.4, -0.2) is 9.97 Å². The number of aromatic nitrogens is 2. The average Bonchev–Trinajstić information content (AvgIpc) is 2.38. The molecule has 0 saturated heterocycles. The molecule has 0 amide bonds. The number of rotatable bonds is 4. The van der Waals surface area contributed by atoms with Crippen molar-refractivity contribution in [1.82, 2.24) is 9.97 Å². The van der Waals surface area contributed by atoms with E-state index < -0.39 is 0 Å². The average molecular weight is 215 g/mol.